The number of carbonyl (C=O) groups is 2. The van der Waals surface area contributed by atoms with Crippen molar-refractivity contribution in [2.75, 3.05) is 0 Å². The second-order valence-corrected chi connectivity index (χ2v) is 5.73. The number of ketones is 1. The molecular formula is C19H16O3. The normalized spacial score (nSPS) is 15.2. The summed E-state index contributed by atoms with van der Waals surface area (Å²) in [6, 6.07) is 11.0. The molecule has 3 rings (SSSR count). The Morgan fingerprint density at radius 3 is 2.50 bits per heavy atom. The van der Waals surface area contributed by atoms with E-state index in [-0.39, 0.29) is 11.3 Å². The highest BCUT2D eigenvalue weighted by atomic mass is 16.4. The number of Topliss-reactive ketones (excluding diaryl/α,β-unsaturated/α-hetero) is 1. The van der Waals surface area contributed by atoms with Crippen LogP contribution in [0.3, 0.4) is 0 Å². The lowest BCUT2D eigenvalue weighted by molar-refractivity contribution is 0.0696. The fourth-order valence-electron chi connectivity index (χ4n) is 2.81. The molecule has 0 saturated heterocycles. The molecule has 0 fully saturated rings. The maximum absolute atomic E-state index is 12.5. The summed E-state index contributed by atoms with van der Waals surface area (Å²) in [5.74, 6) is -0.984. The number of carboxylic acid groups (broad SMARTS) is 1. The Hall–Kier alpha value is -2.68. The fourth-order valence-corrected chi connectivity index (χ4v) is 2.81. The van der Waals surface area contributed by atoms with Gasteiger partial charge in [-0.2, -0.15) is 0 Å². The molecule has 0 bridgehead atoms. The Morgan fingerprint density at radius 2 is 1.77 bits per heavy atom. The Morgan fingerprint density at radius 1 is 1.09 bits per heavy atom. The molecule has 0 heterocycles. The van der Waals surface area contributed by atoms with Crippen molar-refractivity contribution in [3.8, 4) is 0 Å². The summed E-state index contributed by atoms with van der Waals surface area (Å²) in [7, 11) is 0. The maximum Gasteiger partial charge on any atom is 0.336 e. The summed E-state index contributed by atoms with van der Waals surface area (Å²) in [6.07, 6.45) is 2.27. The van der Waals surface area contributed by atoms with Crippen LogP contribution in [0.1, 0.15) is 43.0 Å². The van der Waals surface area contributed by atoms with Crippen molar-refractivity contribution in [2.24, 2.45) is 0 Å². The van der Waals surface area contributed by atoms with Gasteiger partial charge in [-0.1, -0.05) is 35.4 Å². The van der Waals surface area contributed by atoms with Crippen molar-refractivity contribution in [1.82, 2.24) is 0 Å². The van der Waals surface area contributed by atoms with Gasteiger partial charge < -0.3 is 5.11 Å². The molecule has 3 heteroatoms. The predicted molar refractivity (Wildman–Crippen MR) is 85.3 cm³/mol. The van der Waals surface area contributed by atoms with Crippen LogP contribution in [-0.4, -0.2) is 16.9 Å². The third-order valence-corrected chi connectivity index (χ3v) is 3.95. The Balaban J connectivity index is 2.07. The first-order chi connectivity index (χ1) is 10.5. The summed E-state index contributed by atoms with van der Waals surface area (Å²) in [5, 5.41) is 9.29. The number of benzene rings is 2. The number of carbonyl (C=O) groups excluding carboxylic acids is 1. The number of fused-ring (bicyclic) bond motifs is 1. The van der Waals surface area contributed by atoms with Crippen LogP contribution < -0.4 is 0 Å². The van der Waals surface area contributed by atoms with Gasteiger partial charge in [0.2, 0.25) is 0 Å². The number of hydrogen-bond acceptors (Lipinski definition) is 2. The minimum absolute atomic E-state index is 0.00320. The van der Waals surface area contributed by atoms with Crippen LogP contribution >= 0.6 is 0 Å². The Bertz CT molecular complexity index is 829. The van der Waals surface area contributed by atoms with E-state index in [1.165, 1.54) is 0 Å². The highest BCUT2D eigenvalue weighted by Crippen LogP contribution is 2.29. The molecular weight excluding hydrogens is 276 g/mol. The van der Waals surface area contributed by atoms with Gasteiger partial charge in [-0.25, -0.2) is 4.79 Å². The lowest BCUT2D eigenvalue weighted by atomic mass is 10.0. The molecule has 3 nitrogen and oxygen atoms in total. The van der Waals surface area contributed by atoms with E-state index in [9.17, 15) is 14.7 Å². The van der Waals surface area contributed by atoms with Gasteiger partial charge >= 0.3 is 5.97 Å². The topological polar surface area (TPSA) is 54.4 Å². The monoisotopic (exact) mass is 292 g/mol. The van der Waals surface area contributed by atoms with E-state index in [1.807, 2.05) is 32.0 Å². The van der Waals surface area contributed by atoms with Crippen LogP contribution in [0.15, 0.2) is 42.0 Å². The second kappa shape index (κ2) is 5.26. The van der Waals surface area contributed by atoms with Gasteiger partial charge in [0.15, 0.2) is 5.78 Å². The molecule has 0 saturated carbocycles. The first-order valence-corrected chi connectivity index (χ1v) is 7.14. The smallest absolute Gasteiger partial charge is 0.336 e. The fraction of sp³-hybridized carbons (Fsp3) is 0.158. The van der Waals surface area contributed by atoms with Crippen LogP contribution in [0, 0.1) is 13.8 Å². The zero-order valence-corrected chi connectivity index (χ0v) is 12.5. The molecule has 22 heavy (non-hydrogen) atoms. The summed E-state index contributed by atoms with van der Waals surface area (Å²) < 4.78 is 0. The van der Waals surface area contributed by atoms with Gasteiger partial charge in [-0.15, -0.1) is 0 Å². The average Bonchev–Trinajstić information content (AvgIpc) is 2.75. The van der Waals surface area contributed by atoms with Crippen LogP contribution in [0.5, 0.6) is 0 Å². The zero-order chi connectivity index (χ0) is 15.9. The van der Waals surface area contributed by atoms with Crippen LogP contribution in [-0.2, 0) is 6.42 Å². The Labute approximate surface area is 128 Å². The van der Waals surface area contributed by atoms with Crippen LogP contribution in [0.4, 0.5) is 0 Å². The van der Waals surface area contributed by atoms with Crippen molar-refractivity contribution >= 4 is 17.8 Å². The van der Waals surface area contributed by atoms with Gasteiger partial charge in [-0.05, 0) is 43.2 Å². The second-order valence-electron chi connectivity index (χ2n) is 5.73. The Kier molecular flexibility index (Phi) is 3.41. The molecule has 0 spiro atoms. The van der Waals surface area contributed by atoms with E-state index in [0.29, 0.717) is 17.6 Å². The van der Waals surface area contributed by atoms with E-state index in [1.54, 1.807) is 24.3 Å². The summed E-state index contributed by atoms with van der Waals surface area (Å²) in [5.41, 5.74) is 5.21. The van der Waals surface area contributed by atoms with Crippen molar-refractivity contribution in [1.29, 1.82) is 0 Å². The number of rotatable bonds is 2. The lowest BCUT2D eigenvalue weighted by Crippen LogP contribution is -2.02. The third kappa shape index (κ3) is 2.46. The summed E-state index contributed by atoms with van der Waals surface area (Å²) >= 11 is 0. The number of hydrogen-bond donors (Lipinski definition) is 1. The van der Waals surface area contributed by atoms with E-state index in [4.69, 9.17) is 0 Å². The molecule has 2 aromatic rings. The van der Waals surface area contributed by atoms with Gasteiger partial charge in [0.25, 0.3) is 0 Å². The molecule has 0 unspecified atom stereocenters. The molecule has 0 aliphatic heterocycles. The largest absolute Gasteiger partial charge is 0.478 e. The third-order valence-electron chi connectivity index (χ3n) is 3.95. The highest BCUT2D eigenvalue weighted by molar-refractivity contribution is 6.16. The quantitative estimate of drug-likeness (QED) is 0.856. The van der Waals surface area contributed by atoms with E-state index in [0.717, 1.165) is 22.3 Å². The molecule has 1 aliphatic rings. The summed E-state index contributed by atoms with van der Waals surface area (Å²) in [6.45, 7) is 3.86. The van der Waals surface area contributed by atoms with Gasteiger partial charge in [0.1, 0.15) is 0 Å². The highest BCUT2D eigenvalue weighted by Gasteiger charge is 2.25. The molecule has 2 aromatic carbocycles. The summed E-state index contributed by atoms with van der Waals surface area (Å²) in [4.78, 5) is 23.8. The first kappa shape index (κ1) is 14.3. The molecule has 1 aliphatic carbocycles. The number of aromatic carboxylic acids is 1. The van der Waals surface area contributed by atoms with Crippen molar-refractivity contribution in [3.63, 3.8) is 0 Å². The van der Waals surface area contributed by atoms with Gasteiger partial charge in [0.05, 0.1) is 5.56 Å². The predicted octanol–water partition coefficient (Wildman–Crippen LogP) is 3.82. The average molecular weight is 292 g/mol. The van der Waals surface area contributed by atoms with E-state index < -0.39 is 5.97 Å². The van der Waals surface area contributed by atoms with E-state index >= 15 is 0 Å². The van der Waals surface area contributed by atoms with Crippen LogP contribution in [0.2, 0.25) is 0 Å². The van der Waals surface area contributed by atoms with Gasteiger partial charge in [0, 0.05) is 17.6 Å². The molecule has 1 N–H and O–H groups in total. The molecule has 0 aromatic heterocycles. The van der Waals surface area contributed by atoms with Crippen molar-refractivity contribution < 1.29 is 14.7 Å². The maximum atomic E-state index is 12.5. The molecule has 0 amide bonds. The van der Waals surface area contributed by atoms with Crippen LogP contribution in [0.25, 0.3) is 6.08 Å². The number of carboxylic acids is 1. The SMILES string of the molecule is Cc1ccc(C(=O)O)c(/C=C2/Cc3ccc(C)cc3C2=O)c1. The zero-order valence-electron chi connectivity index (χ0n) is 12.5. The van der Waals surface area contributed by atoms with E-state index in [2.05, 4.69) is 0 Å². The lowest BCUT2D eigenvalue weighted by Gasteiger charge is -2.04. The minimum atomic E-state index is -0.981. The first-order valence-electron chi connectivity index (χ1n) is 7.14. The van der Waals surface area contributed by atoms with Crippen molar-refractivity contribution in [3.05, 3.63) is 75.4 Å². The molecule has 0 radical (unpaired) electrons. The number of allylic oxidation sites excluding steroid dienone is 1. The standard InChI is InChI=1S/C19H16O3/c1-11-4-6-16(19(21)22)14(7-11)10-15-9-13-5-3-12(2)8-17(13)18(15)20/h3-8,10H,9H2,1-2H3,(H,21,22)/b15-10-. The molecule has 110 valence electrons. The van der Waals surface area contributed by atoms with Crippen molar-refractivity contribution in [2.45, 2.75) is 20.3 Å². The minimum Gasteiger partial charge on any atom is -0.478 e. The number of aryl methyl sites for hydroxylation is 2. The van der Waals surface area contributed by atoms with Gasteiger partial charge in [-0.3, -0.25) is 4.79 Å². The molecule has 0 atom stereocenters.